The highest BCUT2D eigenvalue weighted by atomic mass is 16.5. The third-order valence-electron chi connectivity index (χ3n) is 4.92. The number of benzene rings is 2. The zero-order valence-electron chi connectivity index (χ0n) is 15.2. The summed E-state index contributed by atoms with van der Waals surface area (Å²) in [7, 11) is 1.65. The van der Waals surface area contributed by atoms with E-state index in [1.165, 1.54) is 5.56 Å². The van der Waals surface area contributed by atoms with E-state index in [4.69, 9.17) is 10.5 Å². The summed E-state index contributed by atoms with van der Waals surface area (Å²) in [4.78, 5) is 14.9. The number of nitrogens with zero attached hydrogens (tertiary/aromatic N) is 1. The number of hydrogen-bond donors (Lipinski definition) is 1. The maximum Gasteiger partial charge on any atom is 0.244 e. The predicted molar refractivity (Wildman–Crippen MR) is 101 cm³/mol. The Balaban J connectivity index is 1.79. The number of rotatable bonds is 4. The van der Waals surface area contributed by atoms with Crippen LogP contribution in [0.2, 0.25) is 0 Å². The van der Waals surface area contributed by atoms with Crippen LogP contribution >= 0.6 is 0 Å². The Labute approximate surface area is 149 Å². The van der Waals surface area contributed by atoms with Crippen LogP contribution in [0.4, 0.5) is 5.69 Å². The van der Waals surface area contributed by atoms with Gasteiger partial charge in [0.15, 0.2) is 0 Å². The van der Waals surface area contributed by atoms with Crippen molar-refractivity contribution in [3.63, 3.8) is 0 Å². The number of anilines is 1. The minimum absolute atomic E-state index is 0.00535. The summed E-state index contributed by atoms with van der Waals surface area (Å²) in [5, 5.41) is 0. The number of para-hydroxylation sites is 1. The van der Waals surface area contributed by atoms with Gasteiger partial charge >= 0.3 is 0 Å². The van der Waals surface area contributed by atoms with Crippen molar-refractivity contribution in [2.45, 2.75) is 32.7 Å². The summed E-state index contributed by atoms with van der Waals surface area (Å²) < 4.78 is 5.24. The van der Waals surface area contributed by atoms with E-state index < -0.39 is 6.04 Å². The van der Waals surface area contributed by atoms with Crippen LogP contribution in [-0.4, -0.2) is 25.6 Å². The number of methoxy groups -OCH3 is 1. The van der Waals surface area contributed by atoms with Gasteiger partial charge in [-0.3, -0.25) is 4.79 Å². The van der Waals surface area contributed by atoms with Crippen LogP contribution in [0, 0.1) is 12.8 Å². The number of carbonyl (C=O) groups is 1. The average Bonchev–Trinajstić information content (AvgIpc) is 2.61. The Bertz CT molecular complexity index is 772. The van der Waals surface area contributed by atoms with Crippen molar-refractivity contribution >= 4 is 11.6 Å². The molecule has 2 N–H and O–H groups in total. The third kappa shape index (κ3) is 3.69. The van der Waals surface area contributed by atoms with Crippen molar-refractivity contribution in [2.75, 3.05) is 18.6 Å². The highest BCUT2D eigenvalue weighted by molar-refractivity contribution is 5.98. The smallest absolute Gasteiger partial charge is 0.244 e. The van der Waals surface area contributed by atoms with Crippen molar-refractivity contribution in [2.24, 2.45) is 11.7 Å². The molecule has 4 heteroatoms. The van der Waals surface area contributed by atoms with Crippen LogP contribution in [0.3, 0.4) is 0 Å². The van der Waals surface area contributed by atoms with Crippen LogP contribution in [0.15, 0.2) is 42.5 Å². The van der Waals surface area contributed by atoms with Crippen molar-refractivity contribution in [1.29, 1.82) is 0 Å². The molecule has 0 bridgehead atoms. The standard InChI is InChI=1S/C21H26N2O2/c1-14-10-17-6-4-5-7-20(17)23(13-14)21(24)19(22)12-16-8-9-18(25-3)11-15(16)2/h4-9,11,14,19H,10,12-13,22H2,1-3H3/t14?,19-/m1/s1. The monoisotopic (exact) mass is 338 g/mol. The van der Waals surface area contributed by atoms with Crippen molar-refractivity contribution in [1.82, 2.24) is 0 Å². The van der Waals surface area contributed by atoms with Gasteiger partial charge in [-0.1, -0.05) is 31.2 Å². The van der Waals surface area contributed by atoms with E-state index in [2.05, 4.69) is 13.0 Å². The van der Waals surface area contributed by atoms with E-state index in [1.54, 1.807) is 7.11 Å². The fraction of sp³-hybridized carbons (Fsp3) is 0.381. The van der Waals surface area contributed by atoms with Crippen molar-refractivity contribution in [3.8, 4) is 5.75 Å². The van der Waals surface area contributed by atoms with E-state index in [9.17, 15) is 4.79 Å². The molecule has 4 nitrogen and oxygen atoms in total. The highest BCUT2D eigenvalue weighted by Crippen LogP contribution is 2.30. The Morgan fingerprint density at radius 2 is 2.08 bits per heavy atom. The predicted octanol–water partition coefficient (Wildman–Crippen LogP) is 3.10. The second-order valence-electron chi connectivity index (χ2n) is 6.99. The minimum atomic E-state index is -0.551. The number of amides is 1. The summed E-state index contributed by atoms with van der Waals surface area (Å²) in [5.74, 6) is 1.25. The third-order valence-corrected chi connectivity index (χ3v) is 4.92. The summed E-state index contributed by atoms with van der Waals surface area (Å²) in [5.41, 5.74) is 10.7. The Morgan fingerprint density at radius 1 is 1.32 bits per heavy atom. The quantitative estimate of drug-likeness (QED) is 0.932. The molecule has 0 spiro atoms. The molecule has 1 amide bonds. The second-order valence-corrected chi connectivity index (χ2v) is 6.99. The van der Waals surface area contributed by atoms with Gasteiger partial charge in [0.1, 0.15) is 5.75 Å². The molecule has 1 heterocycles. The number of hydrogen-bond acceptors (Lipinski definition) is 3. The van der Waals surface area contributed by atoms with Crippen molar-refractivity contribution < 1.29 is 9.53 Å². The lowest BCUT2D eigenvalue weighted by atomic mass is 9.92. The molecule has 0 aliphatic carbocycles. The topological polar surface area (TPSA) is 55.6 Å². The SMILES string of the molecule is COc1ccc(C[C@@H](N)C(=O)N2CC(C)Cc3ccccc32)c(C)c1. The van der Waals surface area contributed by atoms with Gasteiger partial charge in [0.05, 0.1) is 13.2 Å². The van der Waals surface area contributed by atoms with Gasteiger partial charge in [0.2, 0.25) is 5.91 Å². The first-order valence-corrected chi connectivity index (χ1v) is 8.78. The van der Waals surface area contributed by atoms with Crippen LogP contribution in [0.25, 0.3) is 0 Å². The number of aryl methyl sites for hydroxylation is 1. The molecule has 0 saturated heterocycles. The number of carbonyl (C=O) groups excluding carboxylic acids is 1. The highest BCUT2D eigenvalue weighted by Gasteiger charge is 2.29. The van der Waals surface area contributed by atoms with Gasteiger partial charge in [-0.15, -0.1) is 0 Å². The fourth-order valence-electron chi connectivity index (χ4n) is 3.55. The largest absolute Gasteiger partial charge is 0.497 e. The van der Waals surface area contributed by atoms with E-state index in [-0.39, 0.29) is 5.91 Å². The van der Waals surface area contributed by atoms with Gasteiger partial charge in [0, 0.05) is 12.2 Å². The molecule has 0 radical (unpaired) electrons. The molecule has 2 atom stereocenters. The van der Waals surface area contributed by atoms with Crippen LogP contribution < -0.4 is 15.4 Å². The maximum atomic E-state index is 13.0. The first-order chi connectivity index (χ1) is 12.0. The van der Waals surface area contributed by atoms with E-state index >= 15 is 0 Å². The lowest BCUT2D eigenvalue weighted by molar-refractivity contribution is -0.120. The normalized spacial score (nSPS) is 17.8. The summed E-state index contributed by atoms with van der Waals surface area (Å²) in [6.07, 6.45) is 1.54. The molecular formula is C21H26N2O2. The number of ether oxygens (including phenoxy) is 1. The molecule has 1 aliphatic rings. The molecule has 25 heavy (non-hydrogen) atoms. The summed E-state index contributed by atoms with van der Waals surface area (Å²) in [6, 6.07) is 13.5. The Hall–Kier alpha value is -2.33. The van der Waals surface area contributed by atoms with Gasteiger partial charge in [-0.25, -0.2) is 0 Å². The van der Waals surface area contributed by atoms with Crippen LogP contribution in [-0.2, 0) is 17.6 Å². The van der Waals surface area contributed by atoms with E-state index in [1.807, 2.05) is 48.2 Å². The minimum Gasteiger partial charge on any atom is -0.497 e. The lowest BCUT2D eigenvalue weighted by Gasteiger charge is -2.34. The van der Waals surface area contributed by atoms with Crippen LogP contribution in [0.1, 0.15) is 23.6 Å². The summed E-state index contributed by atoms with van der Waals surface area (Å²) >= 11 is 0. The Morgan fingerprint density at radius 3 is 2.80 bits per heavy atom. The molecule has 0 fully saturated rings. The number of nitrogens with two attached hydrogens (primary N) is 1. The molecule has 1 aliphatic heterocycles. The maximum absolute atomic E-state index is 13.0. The molecule has 1 unspecified atom stereocenters. The van der Waals surface area contributed by atoms with E-state index in [0.29, 0.717) is 12.3 Å². The zero-order chi connectivity index (χ0) is 18.0. The van der Waals surface area contributed by atoms with Crippen molar-refractivity contribution in [3.05, 3.63) is 59.2 Å². The van der Waals surface area contributed by atoms with Gasteiger partial charge in [0.25, 0.3) is 0 Å². The molecule has 0 saturated carbocycles. The molecule has 2 aromatic carbocycles. The summed E-state index contributed by atoms with van der Waals surface area (Å²) in [6.45, 7) is 4.92. The van der Waals surface area contributed by atoms with E-state index in [0.717, 1.165) is 35.5 Å². The van der Waals surface area contributed by atoms with Crippen LogP contribution in [0.5, 0.6) is 5.75 Å². The molecule has 0 aromatic heterocycles. The molecule has 132 valence electrons. The lowest BCUT2D eigenvalue weighted by Crippen LogP contribution is -2.48. The first-order valence-electron chi connectivity index (χ1n) is 8.78. The fourth-order valence-corrected chi connectivity index (χ4v) is 3.55. The van der Waals surface area contributed by atoms with Gasteiger partial charge < -0.3 is 15.4 Å². The Kier molecular flexibility index (Phi) is 5.09. The molecule has 2 aromatic rings. The zero-order valence-corrected chi connectivity index (χ0v) is 15.2. The molecular weight excluding hydrogens is 312 g/mol. The number of fused-ring (bicyclic) bond motifs is 1. The first kappa shape index (κ1) is 17.5. The van der Waals surface area contributed by atoms with Gasteiger partial charge in [-0.05, 0) is 60.6 Å². The second kappa shape index (κ2) is 7.28. The van der Waals surface area contributed by atoms with Gasteiger partial charge in [-0.2, -0.15) is 0 Å². The molecule has 3 rings (SSSR count). The average molecular weight is 338 g/mol.